The number of nitrogens with zero attached hydrogens (tertiary/aromatic N) is 2. The molecule has 1 aliphatic carbocycles. The van der Waals surface area contributed by atoms with E-state index >= 15 is 0 Å². The summed E-state index contributed by atoms with van der Waals surface area (Å²) in [6.45, 7) is 3.72. The second kappa shape index (κ2) is 11.4. The van der Waals surface area contributed by atoms with Gasteiger partial charge in [0.25, 0.3) is 12.3 Å². The fraction of sp³-hybridized carbons (Fsp3) is 0.476. The molecule has 0 saturated heterocycles. The van der Waals surface area contributed by atoms with Crippen molar-refractivity contribution in [2.75, 3.05) is 6.61 Å². The van der Waals surface area contributed by atoms with E-state index < -0.39 is 13.0 Å². The summed E-state index contributed by atoms with van der Waals surface area (Å²) in [5.41, 5.74) is 7.47. The van der Waals surface area contributed by atoms with Crippen molar-refractivity contribution in [1.82, 2.24) is 15.3 Å². The highest BCUT2D eigenvalue weighted by Crippen LogP contribution is 2.43. The number of rotatable bonds is 8. The van der Waals surface area contributed by atoms with Crippen LogP contribution >= 0.6 is 0 Å². The molecule has 29 heavy (non-hydrogen) atoms. The van der Waals surface area contributed by atoms with E-state index in [2.05, 4.69) is 22.2 Å². The van der Waals surface area contributed by atoms with Crippen LogP contribution in [-0.2, 0) is 6.54 Å². The van der Waals surface area contributed by atoms with Gasteiger partial charge in [0, 0.05) is 42.3 Å². The first-order valence-electron chi connectivity index (χ1n) is 9.74. The van der Waals surface area contributed by atoms with Crippen LogP contribution in [0.4, 0.5) is 8.78 Å². The predicted octanol–water partition coefficient (Wildman–Crippen LogP) is 3.67. The number of nitrogens with two attached hydrogens (primary N) is 1. The SMILES string of the molecule is CCC(C)N.O=C(NCc1cnc(OCC(F)F)c(C2CC2)c1)c1ccncc1. The molecule has 1 amide bonds. The van der Waals surface area contributed by atoms with E-state index in [1.807, 2.05) is 13.0 Å². The van der Waals surface area contributed by atoms with Crippen molar-refractivity contribution < 1.29 is 18.3 Å². The highest BCUT2D eigenvalue weighted by molar-refractivity contribution is 5.93. The Morgan fingerprint density at radius 2 is 2.00 bits per heavy atom. The summed E-state index contributed by atoms with van der Waals surface area (Å²) in [5, 5.41) is 2.80. The standard InChI is InChI=1S/C17H17F2N3O2.C4H11N/c18-15(19)10-24-17-14(12-1-2-12)7-11(9-22-17)8-21-16(23)13-3-5-20-6-4-13;1-3-4(2)5/h3-7,9,12,15H,1-2,8,10H2,(H,21,23);4H,3,5H2,1-2H3. The molecule has 8 heteroatoms. The lowest BCUT2D eigenvalue weighted by Crippen LogP contribution is -2.23. The highest BCUT2D eigenvalue weighted by atomic mass is 19.3. The third kappa shape index (κ3) is 8.11. The zero-order chi connectivity index (χ0) is 21.2. The Bertz CT molecular complexity index is 769. The fourth-order valence-electron chi connectivity index (χ4n) is 2.35. The fourth-order valence-corrected chi connectivity index (χ4v) is 2.35. The molecule has 1 atom stereocenters. The van der Waals surface area contributed by atoms with Crippen molar-refractivity contribution in [2.24, 2.45) is 5.73 Å². The number of pyridine rings is 2. The van der Waals surface area contributed by atoms with Gasteiger partial charge in [0.1, 0.15) is 0 Å². The Morgan fingerprint density at radius 3 is 2.55 bits per heavy atom. The highest BCUT2D eigenvalue weighted by Gasteiger charge is 2.28. The van der Waals surface area contributed by atoms with Crippen molar-refractivity contribution in [3.05, 3.63) is 53.5 Å². The second-order valence-corrected chi connectivity index (χ2v) is 7.02. The average Bonchev–Trinajstić information content (AvgIpc) is 3.57. The predicted molar refractivity (Wildman–Crippen MR) is 107 cm³/mol. The van der Waals surface area contributed by atoms with E-state index in [-0.39, 0.29) is 11.8 Å². The number of halogens is 2. The Hall–Kier alpha value is -2.61. The van der Waals surface area contributed by atoms with Crippen LogP contribution in [-0.4, -0.2) is 34.9 Å². The van der Waals surface area contributed by atoms with E-state index in [0.29, 0.717) is 24.1 Å². The minimum atomic E-state index is -2.53. The number of hydrogen-bond acceptors (Lipinski definition) is 5. The lowest BCUT2D eigenvalue weighted by Gasteiger charge is -2.12. The number of alkyl halides is 2. The molecule has 0 radical (unpaired) electrons. The van der Waals surface area contributed by atoms with Crippen LogP contribution in [0.3, 0.4) is 0 Å². The van der Waals surface area contributed by atoms with E-state index in [0.717, 1.165) is 30.4 Å². The summed E-state index contributed by atoms with van der Waals surface area (Å²) in [4.78, 5) is 20.0. The summed E-state index contributed by atoms with van der Waals surface area (Å²) in [6, 6.07) is 5.52. The van der Waals surface area contributed by atoms with Gasteiger partial charge in [0.2, 0.25) is 5.88 Å². The summed E-state index contributed by atoms with van der Waals surface area (Å²) < 4.78 is 29.7. The molecule has 2 aromatic rings. The Balaban J connectivity index is 0.000000537. The Labute approximate surface area is 169 Å². The van der Waals surface area contributed by atoms with E-state index in [1.165, 1.54) is 0 Å². The molecular formula is C21H28F2N4O2. The van der Waals surface area contributed by atoms with Crippen LogP contribution in [0.5, 0.6) is 5.88 Å². The average molecular weight is 406 g/mol. The van der Waals surface area contributed by atoms with Crippen LogP contribution in [0, 0.1) is 0 Å². The van der Waals surface area contributed by atoms with Gasteiger partial charge in [0.05, 0.1) is 0 Å². The third-order valence-corrected chi connectivity index (χ3v) is 4.34. The van der Waals surface area contributed by atoms with Gasteiger partial charge in [0.15, 0.2) is 6.61 Å². The Morgan fingerprint density at radius 1 is 1.34 bits per heavy atom. The first-order chi connectivity index (χ1) is 13.9. The molecule has 1 unspecified atom stereocenters. The number of nitrogens with one attached hydrogen (secondary N) is 1. The summed E-state index contributed by atoms with van der Waals surface area (Å²) in [5.74, 6) is 0.367. The Kier molecular flexibility index (Phi) is 8.92. The van der Waals surface area contributed by atoms with Gasteiger partial charge in [-0.2, -0.15) is 0 Å². The summed E-state index contributed by atoms with van der Waals surface area (Å²) in [6.07, 6.45) is 5.20. The normalized spacial score (nSPS) is 14.0. The van der Waals surface area contributed by atoms with Crippen LogP contribution in [0.15, 0.2) is 36.8 Å². The van der Waals surface area contributed by atoms with Crippen LogP contribution < -0.4 is 15.8 Å². The quantitative estimate of drug-likeness (QED) is 0.698. The molecular weight excluding hydrogens is 378 g/mol. The molecule has 1 aliphatic rings. The molecule has 1 saturated carbocycles. The van der Waals surface area contributed by atoms with Crippen LogP contribution in [0.25, 0.3) is 0 Å². The summed E-state index contributed by atoms with van der Waals surface area (Å²) in [7, 11) is 0. The first-order valence-corrected chi connectivity index (χ1v) is 9.74. The molecule has 0 spiro atoms. The molecule has 1 fully saturated rings. The first kappa shape index (κ1) is 22.7. The van der Waals surface area contributed by atoms with Gasteiger partial charge in [-0.15, -0.1) is 0 Å². The lowest BCUT2D eigenvalue weighted by atomic mass is 10.1. The van der Waals surface area contributed by atoms with Crippen LogP contribution in [0.1, 0.15) is 60.5 Å². The number of hydrogen-bond donors (Lipinski definition) is 2. The molecule has 2 heterocycles. The number of carbonyl (C=O) groups excluding carboxylic acids is 1. The van der Waals surface area contributed by atoms with Crippen molar-refractivity contribution in [2.45, 2.75) is 58.0 Å². The lowest BCUT2D eigenvalue weighted by molar-refractivity contribution is 0.0790. The molecule has 158 valence electrons. The second-order valence-electron chi connectivity index (χ2n) is 7.02. The van der Waals surface area contributed by atoms with Gasteiger partial charge in [-0.05, 0) is 55.9 Å². The van der Waals surface area contributed by atoms with Crippen LogP contribution in [0.2, 0.25) is 0 Å². The van der Waals surface area contributed by atoms with Gasteiger partial charge in [-0.3, -0.25) is 9.78 Å². The smallest absolute Gasteiger partial charge is 0.272 e. The van der Waals surface area contributed by atoms with E-state index in [4.69, 9.17) is 10.5 Å². The van der Waals surface area contributed by atoms with Gasteiger partial charge in [-0.1, -0.05) is 6.92 Å². The van der Waals surface area contributed by atoms with Crippen molar-refractivity contribution in [3.63, 3.8) is 0 Å². The third-order valence-electron chi connectivity index (χ3n) is 4.34. The van der Waals surface area contributed by atoms with Crippen molar-refractivity contribution >= 4 is 5.91 Å². The van der Waals surface area contributed by atoms with Crippen molar-refractivity contribution in [1.29, 1.82) is 0 Å². The van der Waals surface area contributed by atoms with E-state index in [9.17, 15) is 13.6 Å². The minimum absolute atomic E-state index is 0.205. The number of aromatic nitrogens is 2. The zero-order valence-electron chi connectivity index (χ0n) is 16.8. The summed E-state index contributed by atoms with van der Waals surface area (Å²) >= 11 is 0. The molecule has 2 aromatic heterocycles. The molecule has 0 bridgehead atoms. The number of ether oxygens (including phenoxy) is 1. The topological polar surface area (TPSA) is 90.1 Å². The minimum Gasteiger partial charge on any atom is -0.471 e. The zero-order valence-corrected chi connectivity index (χ0v) is 16.8. The maximum absolute atomic E-state index is 12.3. The molecule has 3 N–H and O–H groups in total. The monoisotopic (exact) mass is 406 g/mol. The largest absolute Gasteiger partial charge is 0.471 e. The molecule has 3 rings (SSSR count). The van der Waals surface area contributed by atoms with E-state index in [1.54, 1.807) is 30.7 Å². The molecule has 0 aliphatic heterocycles. The van der Waals surface area contributed by atoms with Gasteiger partial charge >= 0.3 is 0 Å². The maximum Gasteiger partial charge on any atom is 0.272 e. The molecule has 0 aromatic carbocycles. The van der Waals surface area contributed by atoms with Gasteiger partial charge in [-0.25, -0.2) is 13.8 Å². The molecule has 6 nitrogen and oxygen atoms in total. The van der Waals surface area contributed by atoms with Gasteiger partial charge < -0.3 is 15.8 Å². The maximum atomic E-state index is 12.3. The number of carbonyl (C=O) groups is 1. The number of amides is 1. The van der Waals surface area contributed by atoms with Crippen molar-refractivity contribution in [3.8, 4) is 5.88 Å².